The molecule has 2 aromatic carbocycles. The van der Waals surface area contributed by atoms with Crippen molar-refractivity contribution < 1.29 is 0 Å². The van der Waals surface area contributed by atoms with Gasteiger partial charge in [0.15, 0.2) is 0 Å². The lowest BCUT2D eigenvalue weighted by Gasteiger charge is -2.55. The van der Waals surface area contributed by atoms with E-state index in [1.807, 2.05) is 0 Å². The molecule has 0 aliphatic carbocycles. The molecule has 0 N–H and O–H groups in total. The normalized spacial score (nSPS) is 23.2. The Morgan fingerprint density at radius 2 is 1.00 bits per heavy atom. The van der Waals surface area contributed by atoms with Gasteiger partial charge in [-0.3, -0.25) is 9.80 Å². The number of hydrogen-bond acceptors (Lipinski definition) is 2. The highest BCUT2D eigenvalue weighted by atomic mass is 15.4. The van der Waals surface area contributed by atoms with Crippen molar-refractivity contribution in [1.82, 2.24) is 9.80 Å². The molecule has 3 rings (SSSR count). The van der Waals surface area contributed by atoms with Crippen LogP contribution >= 0.6 is 0 Å². The molecule has 0 amide bonds. The number of rotatable bonds is 2. The van der Waals surface area contributed by atoms with E-state index in [4.69, 9.17) is 0 Å². The van der Waals surface area contributed by atoms with E-state index in [1.165, 1.54) is 11.1 Å². The van der Waals surface area contributed by atoms with Crippen LogP contribution in [-0.2, 0) is 0 Å². The minimum Gasteiger partial charge on any atom is -0.295 e. The number of hydrogen-bond donors (Lipinski definition) is 0. The average molecular weight is 351 g/mol. The fraction of sp³-hybridized carbons (Fsp3) is 0.500. The van der Waals surface area contributed by atoms with Gasteiger partial charge in [0.25, 0.3) is 0 Å². The Bertz CT molecular complexity index is 645. The summed E-state index contributed by atoms with van der Waals surface area (Å²) in [4.78, 5) is 5.39. The Hall–Kier alpha value is -1.64. The van der Waals surface area contributed by atoms with Crippen molar-refractivity contribution in [3.05, 3.63) is 71.8 Å². The van der Waals surface area contributed by atoms with Crippen molar-refractivity contribution >= 4 is 0 Å². The summed E-state index contributed by atoms with van der Waals surface area (Å²) in [6.07, 6.45) is 0. The number of piperazine rings is 1. The zero-order valence-corrected chi connectivity index (χ0v) is 17.2. The highest BCUT2D eigenvalue weighted by Gasteiger charge is 2.43. The van der Waals surface area contributed by atoms with Gasteiger partial charge in [-0.05, 0) is 52.7 Å². The van der Waals surface area contributed by atoms with Crippen LogP contribution in [0.1, 0.15) is 64.8 Å². The Balaban J connectivity index is 2.10. The summed E-state index contributed by atoms with van der Waals surface area (Å²) in [7, 11) is 0. The van der Waals surface area contributed by atoms with E-state index in [9.17, 15) is 0 Å². The molecule has 26 heavy (non-hydrogen) atoms. The molecule has 2 aromatic rings. The summed E-state index contributed by atoms with van der Waals surface area (Å²) in [5.41, 5.74) is 3.07. The third-order valence-corrected chi connectivity index (χ3v) is 5.55. The van der Waals surface area contributed by atoms with Crippen molar-refractivity contribution in [3.8, 4) is 0 Å². The van der Waals surface area contributed by atoms with Gasteiger partial charge in [0.05, 0.1) is 0 Å². The van der Waals surface area contributed by atoms with Gasteiger partial charge in [0.2, 0.25) is 0 Å². The van der Waals surface area contributed by atoms with E-state index in [0.29, 0.717) is 12.1 Å². The average Bonchev–Trinajstić information content (AvgIpc) is 2.60. The molecule has 2 atom stereocenters. The zero-order chi connectivity index (χ0) is 18.9. The van der Waals surface area contributed by atoms with Crippen LogP contribution in [0.15, 0.2) is 60.7 Å². The Morgan fingerprint density at radius 1 is 0.615 bits per heavy atom. The van der Waals surface area contributed by atoms with Crippen LogP contribution in [0, 0.1) is 0 Å². The van der Waals surface area contributed by atoms with Gasteiger partial charge in [-0.15, -0.1) is 0 Å². The third-order valence-electron chi connectivity index (χ3n) is 5.55. The fourth-order valence-corrected chi connectivity index (χ4v) is 4.25. The van der Waals surface area contributed by atoms with E-state index >= 15 is 0 Å². The Morgan fingerprint density at radius 3 is 1.31 bits per heavy atom. The molecular weight excluding hydrogens is 316 g/mol. The van der Waals surface area contributed by atoms with Crippen LogP contribution in [0.5, 0.6) is 0 Å². The van der Waals surface area contributed by atoms with Gasteiger partial charge in [0.1, 0.15) is 0 Å². The quantitative estimate of drug-likeness (QED) is 0.687. The lowest BCUT2D eigenvalue weighted by Crippen LogP contribution is -2.60. The molecule has 1 heterocycles. The summed E-state index contributed by atoms with van der Waals surface area (Å²) < 4.78 is 0. The molecule has 0 radical (unpaired) electrons. The first-order chi connectivity index (χ1) is 12.2. The minimum absolute atomic E-state index is 0.0883. The van der Waals surface area contributed by atoms with Gasteiger partial charge in [-0.2, -0.15) is 0 Å². The molecule has 2 nitrogen and oxygen atoms in total. The molecule has 0 saturated carbocycles. The topological polar surface area (TPSA) is 6.48 Å². The molecule has 0 aromatic heterocycles. The largest absolute Gasteiger partial charge is 0.295 e. The zero-order valence-electron chi connectivity index (χ0n) is 17.2. The summed E-state index contributed by atoms with van der Waals surface area (Å²) in [5, 5.41) is 0. The molecule has 1 fully saturated rings. The van der Waals surface area contributed by atoms with Crippen molar-refractivity contribution in [2.75, 3.05) is 13.1 Å². The summed E-state index contributed by atoms with van der Waals surface area (Å²) in [5.74, 6) is 0. The fourth-order valence-electron chi connectivity index (χ4n) is 4.25. The van der Waals surface area contributed by atoms with E-state index in [2.05, 4.69) is 112 Å². The SMILES string of the molecule is CC(C)(C)N1CC(c2ccccc2)N(C(C)(C)C)C(c2ccccc2)C1. The van der Waals surface area contributed by atoms with Crippen molar-refractivity contribution in [2.24, 2.45) is 0 Å². The lowest BCUT2D eigenvalue weighted by molar-refractivity contribution is -0.0656. The second-order valence-corrected chi connectivity index (χ2v) is 9.51. The predicted molar refractivity (Wildman–Crippen MR) is 111 cm³/mol. The number of nitrogens with zero attached hydrogens (tertiary/aromatic N) is 2. The molecular formula is C24H34N2. The van der Waals surface area contributed by atoms with Crippen LogP contribution in [0.3, 0.4) is 0 Å². The Labute approximate surface area is 159 Å². The maximum absolute atomic E-state index is 2.74. The standard InChI is InChI=1S/C24H34N2/c1-23(2,3)25-17-21(19-13-9-7-10-14-19)26(24(4,5)6)22(18-25)20-15-11-8-12-16-20/h7-16,21-22H,17-18H2,1-6H3. The highest BCUT2D eigenvalue weighted by molar-refractivity contribution is 5.26. The molecule has 0 spiro atoms. The first-order valence-corrected chi connectivity index (χ1v) is 9.81. The van der Waals surface area contributed by atoms with Crippen molar-refractivity contribution in [2.45, 2.75) is 64.7 Å². The van der Waals surface area contributed by atoms with Crippen LogP contribution < -0.4 is 0 Å². The number of benzene rings is 2. The molecule has 2 heteroatoms. The van der Waals surface area contributed by atoms with Crippen LogP contribution in [-0.4, -0.2) is 34.0 Å². The van der Waals surface area contributed by atoms with Crippen LogP contribution in [0.2, 0.25) is 0 Å². The van der Waals surface area contributed by atoms with E-state index in [1.54, 1.807) is 0 Å². The van der Waals surface area contributed by atoms with Gasteiger partial charge < -0.3 is 0 Å². The van der Waals surface area contributed by atoms with Gasteiger partial charge in [0, 0.05) is 36.3 Å². The van der Waals surface area contributed by atoms with Crippen molar-refractivity contribution in [1.29, 1.82) is 0 Å². The molecule has 0 bridgehead atoms. The third kappa shape index (κ3) is 4.02. The summed E-state index contributed by atoms with van der Waals surface area (Å²) >= 11 is 0. The summed E-state index contributed by atoms with van der Waals surface area (Å²) in [6.45, 7) is 16.2. The monoisotopic (exact) mass is 350 g/mol. The highest BCUT2D eigenvalue weighted by Crippen LogP contribution is 2.43. The Kier molecular flexibility index (Phi) is 5.28. The maximum Gasteiger partial charge on any atom is 0.0487 e. The second-order valence-electron chi connectivity index (χ2n) is 9.51. The van der Waals surface area contributed by atoms with Gasteiger partial charge in [-0.1, -0.05) is 60.7 Å². The smallest absolute Gasteiger partial charge is 0.0487 e. The van der Waals surface area contributed by atoms with E-state index < -0.39 is 0 Å². The maximum atomic E-state index is 2.74. The van der Waals surface area contributed by atoms with Gasteiger partial charge >= 0.3 is 0 Å². The molecule has 140 valence electrons. The van der Waals surface area contributed by atoms with E-state index in [0.717, 1.165) is 13.1 Å². The van der Waals surface area contributed by atoms with Crippen LogP contribution in [0.4, 0.5) is 0 Å². The van der Waals surface area contributed by atoms with Gasteiger partial charge in [-0.25, -0.2) is 0 Å². The van der Waals surface area contributed by atoms with Crippen LogP contribution in [0.25, 0.3) is 0 Å². The predicted octanol–water partition coefficient (Wildman–Crippen LogP) is 5.68. The first kappa shape index (κ1) is 19.1. The first-order valence-electron chi connectivity index (χ1n) is 9.81. The van der Waals surface area contributed by atoms with Crippen molar-refractivity contribution in [3.63, 3.8) is 0 Å². The molecule has 2 unspecified atom stereocenters. The second kappa shape index (κ2) is 7.17. The lowest BCUT2D eigenvalue weighted by atomic mass is 9.87. The molecule has 1 aliphatic rings. The molecule has 1 saturated heterocycles. The minimum atomic E-state index is 0.0883. The van der Waals surface area contributed by atoms with E-state index in [-0.39, 0.29) is 11.1 Å². The molecule has 1 aliphatic heterocycles. The summed E-state index contributed by atoms with van der Waals surface area (Å²) in [6, 6.07) is 22.8.